The fourth-order valence-corrected chi connectivity index (χ4v) is 4.17. The minimum absolute atomic E-state index is 0.228. The molecule has 1 saturated heterocycles. The Hall–Kier alpha value is -1.88. The number of aryl methyl sites for hydroxylation is 1. The molecule has 3 aliphatic rings. The second-order valence-electron chi connectivity index (χ2n) is 7.11. The van der Waals surface area contributed by atoms with Gasteiger partial charge in [-0.05, 0) is 56.3 Å². The van der Waals surface area contributed by atoms with Gasteiger partial charge in [0.05, 0.1) is 17.3 Å². The minimum atomic E-state index is -0.235. The third kappa shape index (κ3) is 1.63. The number of amides is 1. The van der Waals surface area contributed by atoms with E-state index < -0.39 is 0 Å². The first-order chi connectivity index (χ1) is 10.7. The number of nitrogens with one attached hydrogen (secondary N) is 2. The monoisotopic (exact) mass is 296 g/mol. The summed E-state index contributed by atoms with van der Waals surface area (Å²) in [6.07, 6.45) is 5.96. The molecule has 3 heterocycles. The molecular formula is C17H20N4O. The summed E-state index contributed by atoms with van der Waals surface area (Å²) >= 11 is 0. The standard InChI is InChI=1S/C17H20N4O/c1-10-3-2-6-21-13(10)9-19-16(21)17(4-5-17)20-15(22)14-11-7-18-8-12(11)14/h2-3,6,9,11-12,14,18H,4-5,7-8H2,1H3,(H,20,22)/t11-,12+,14?. The molecule has 1 unspecified atom stereocenters. The van der Waals surface area contributed by atoms with Gasteiger partial charge in [0.25, 0.3) is 0 Å². The van der Waals surface area contributed by atoms with E-state index in [1.165, 1.54) is 5.56 Å². The van der Waals surface area contributed by atoms with Crippen LogP contribution in [0.15, 0.2) is 24.5 Å². The first-order valence-corrected chi connectivity index (χ1v) is 8.15. The maximum Gasteiger partial charge on any atom is 0.224 e. The molecule has 0 spiro atoms. The van der Waals surface area contributed by atoms with E-state index in [1.54, 1.807) is 0 Å². The van der Waals surface area contributed by atoms with Gasteiger partial charge >= 0.3 is 0 Å². The Labute approximate surface area is 129 Å². The highest BCUT2D eigenvalue weighted by atomic mass is 16.2. The van der Waals surface area contributed by atoms with Crippen molar-refractivity contribution in [1.29, 1.82) is 0 Å². The van der Waals surface area contributed by atoms with Gasteiger partial charge in [-0.15, -0.1) is 0 Å². The summed E-state index contributed by atoms with van der Waals surface area (Å²) < 4.78 is 2.14. The Morgan fingerprint density at radius 1 is 1.41 bits per heavy atom. The van der Waals surface area contributed by atoms with Crippen LogP contribution in [-0.2, 0) is 10.3 Å². The van der Waals surface area contributed by atoms with E-state index in [-0.39, 0.29) is 17.4 Å². The van der Waals surface area contributed by atoms with Crippen molar-refractivity contribution in [3.05, 3.63) is 35.9 Å². The molecule has 3 fully saturated rings. The highest BCUT2D eigenvalue weighted by Gasteiger charge is 2.59. The van der Waals surface area contributed by atoms with Crippen LogP contribution in [0.1, 0.15) is 24.2 Å². The normalized spacial score (nSPS) is 31.0. The van der Waals surface area contributed by atoms with Crippen LogP contribution in [0.2, 0.25) is 0 Å². The minimum Gasteiger partial charge on any atom is -0.343 e. The Morgan fingerprint density at radius 3 is 2.91 bits per heavy atom. The molecule has 0 aromatic carbocycles. The fourth-order valence-electron chi connectivity index (χ4n) is 4.17. The Morgan fingerprint density at radius 2 is 2.18 bits per heavy atom. The smallest absolute Gasteiger partial charge is 0.224 e. The van der Waals surface area contributed by atoms with Gasteiger partial charge in [-0.25, -0.2) is 4.98 Å². The van der Waals surface area contributed by atoms with Crippen molar-refractivity contribution in [3.8, 4) is 0 Å². The van der Waals surface area contributed by atoms with Gasteiger partial charge in [0.1, 0.15) is 5.82 Å². The van der Waals surface area contributed by atoms with Gasteiger partial charge in [-0.3, -0.25) is 4.79 Å². The van der Waals surface area contributed by atoms with Gasteiger partial charge < -0.3 is 15.0 Å². The molecule has 0 bridgehead atoms. The predicted octanol–water partition coefficient (Wildman–Crippen LogP) is 1.21. The number of piperidine rings is 1. The molecular weight excluding hydrogens is 276 g/mol. The summed E-state index contributed by atoms with van der Waals surface area (Å²) in [5.41, 5.74) is 2.11. The number of carbonyl (C=O) groups is 1. The molecule has 2 N–H and O–H groups in total. The lowest BCUT2D eigenvalue weighted by atomic mass is 10.2. The van der Waals surface area contributed by atoms with E-state index in [9.17, 15) is 4.79 Å². The predicted molar refractivity (Wildman–Crippen MR) is 82.3 cm³/mol. The zero-order valence-corrected chi connectivity index (χ0v) is 12.7. The molecule has 2 saturated carbocycles. The van der Waals surface area contributed by atoms with E-state index in [1.807, 2.05) is 18.5 Å². The largest absolute Gasteiger partial charge is 0.343 e. The molecule has 2 aromatic rings. The Balaban J connectivity index is 1.44. The van der Waals surface area contributed by atoms with Crippen molar-refractivity contribution < 1.29 is 4.79 Å². The number of aromatic nitrogens is 2. The first kappa shape index (κ1) is 12.6. The van der Waals surface area contributed by atoms with Gasteiger partial charge in [0.15, 0.2) is 0 Å². The second kappa shape index (κ2) is 4.10. The Kier molecular flexibility index (Phi) is 2.36. The molecule has 1 amide bonds. The number of fused-ring (bicyclic) bond motifs is 2. The summed E-state index contributed by atoms with van der Waals surface area (Å²) in [5, 5.41) is 6.67. The summed E-state index contributed by atoms with van der Waals surface area (Å²) in [6.45, 7) is 4.10. The van der Waals surface area contributed by atoms with Gasteiger partial charge in [-0.2, -0.15) is 0 Å². The summed E-state index contributed by atoms with van der Waals surface area (Å²) in [5.74, 6) is 2.58. The van der Waals surface area contributed by atoms with Crippen LogP contribution in [0.5, 0.6) is 0 Å². The number of imidazole rings is 1. The number of hydrogen-bond acceptors (Lipinski definition) is 3. The molecule has 5 heteroatoms. The number of rotatable bonds is 3. The van der Waals surface area contributed by atoms with E-state index in [0.717, 1.165) is 37.3 Å². The lowest BCUT2D eigenvalue weighted by molar-refractivity contribution is -0.124. The summed E-state index contributed by atoms with van der Waals surface area (Å²) in [4.78, 5) is 17.2. The van der Waals surface area contributed by atoms with Crippen molar-refractivity contribution >= 4 is 11.4 Å². The topological polar surface area (TPSA) is 58.4 Å². The molecule has 0 radical (unpaired) electrons. The number of pyridine rings is 1. The van der Waals surface area contributed by atoms with Gasteiger partial charge in [-0.1, -0.05) is 6.07 Å². The highest BCUT2D eigenvalue weighted by Crippen LogP contribution is 2.51. The van der Waals surface area contributed by atoms with E-state index in [0.29, 0.717) is 11.8 Å². The third-order valence-electron chi connectivity index (χ3n) is 5.72. The lowest BCUT2D eigenvalue weighted by Crippen LogP contribution is -2.39. The summed E-state index contributed by atoms with van der Waals surface area (Å²) in [6, 6.07) is 4.14. The van der Waals surface area contributed by atoms with Crippen molar-refractivity contribution in [2.75, 3.05) is 13.1 Å². The van der Waals surface area contributed by atoms with Crippen molar-refractivity contribution in [3.63, 3.8) is 0 Å². The maximum absolute atomic E-state index is 12.6. The van der Waals surface area contributed by atoms with Crippen molar-refractivity contribution in [2.24, 2.45) is 17.8 Å². The van der Waals surface area contributed by atoms with Crippen LogP contribution in [0.25, 0.3) is 5.52 Å². The third-order valence-corrected chi connectivity index (χ3v) is 5.72. The van der Waals surface area contributed by atoms with Crippen molar-refractivity contribution in [2.45, 2.75) is 25.3 Å². The maximum atomic E-state index is 12.6. The number of nitrogens with zero attached hydrogens (tertiary/aromatic N) is 2. The average molecular weight is 296 g/mol. The molecule has 22 heavy (non-hydrogen) atoms. The lowest BCUT2D eigenvalue weighted by Gasteiger charge is -2.17. The zero-order valence-electron chi connectivity index (χ0n) is 12.7. The second-order valence-corrected chi connectivity index (χ2v) is 7.11. The quantitative estimate of drug-likeness (QED) is 0.895. The van der Waals surface area contributed by atoms with Gasteiger partial charge in [0.2, 0.25) is 5.91 Å². The zero-order chi connectivity index (χ0) is 14.9. The van der Waals surface area contributed by atoms with Gasteiger partial charge in [0, 0.05) is 12.1 Å². The van der Waals surface area contributed by atoms with Crippen LogP contribution in [-0.4, -0.2) is 28.4 Å². The fraction of sp³-hybridized carbons (Fsp3) is 0.529. The van der Waals surface area contributed by atoms with Crippen LogP contribution in [0, 0.1) is 24.7 Å². The molecule has 2 aliphatic carbocycles. The first-order valence-electron chi connectivity index (χ1n) is 8.15. The number of hydrogen-bond donors (Lipinski definition) is 2. The van der Waals surface area contributed by atoms with Crippen LogP contribution < -0.4 is 10.6 Å². The Bertz CT molecular complexity index is 766. The van der Waals surface area contributed by atoms with Crippen LogP contribution in [0.4, 0.5) is 0 Å². The van der Waals surface area contributed by atoms with Crippen LogP contribution in [0.3, 0.4) is 0 Å². The SMILES string of the molecule is Cc1cccn2c(C3(NC(=O)C4[C@H]5CNC[C@@H]45)CC3)ncc12. The van der Waals surface area contributed by atoms with Crippen molar-refractivity contribution in [1.82, 2.24) is 20.0 Å². The molecule has 5 rings (SSSR count). The molecule has 2 aromatic heterocycles. The number of carbonyl (C=O) groups excluding carboxylic acids is 1. The highest BCUT2D eigenvalue weighted by molar-refractivity contribution is 5.83. The van der Waals surface area contributed by atoms with E-state index in [2.05, 4.69) is 33.0 Å². The average Bonchev–Trinajstić information content (AvgIpc) is 3.30. The molecule has 1 aliphatic heterocycles. The molecule has 5 nitrogen and oxygen atoms in total. The summed E-state index contributed by atoms with van der Waals surface area (Å²) in [7, 11) is 0. The van der Waals surface area contributed by atoms with Crippen LogP contribution >= 0.6 is 0 Å². The molecule has 114 valence electrons. The van der Waals surface area contributed by atoms with E-state index in [4.69, 9.17) is 0 Å². The van der Waals surface area contributed by atoms with E-state index >= 15 is 0 Å². The molecule has 3 atom stereocenters.